The molecule has 0 spiro atoms. The maximum atomic E-state index is 13.2. The van der Waals surface area contributed by atoms with E-state index in [1.54, 1.807) is 18.9 Å². The van der Waals surface area contributed by atoms with Crippen molar-refractivity contribution in [3.8, 4) is 11.5 Å². The molecule has 0 saturated carbocycles. The van der Waals surface area contributed by atoms with E-state index in [4.69, 9.17) is 9.47 Å². The minimum atomic E-state index is -0.409. The summed E-state index contributed by atoms with van der Waals surface area (Å²) in [6.45, 7) is 4.23. The van der Waals surface area contributed by atoms with E-state index in [1.165, 1.54) is 11.8 Å². The molecule has 2 heterocycles. The van der Waals surface area contributed by atoms with E-state index in [0.29, 0.717) is 29.0 Å². The number of Topliss-reactive ketones (excluding diaryl/α,β-unsaturated/α-hetero) is 1. The van der Waals surface area contributed by atoms with Gasteiger partial charge in [-0.2, -0.15) is 4.98 Å². The molecular formula is C20H24N4O3S. The average Bonchev–Trinajstić information content (AvgIpc) is 3.07. The molecule has 7 nitrogen and oxygen atoms in total. The minimum absolute atomic E-state index is 0.101. The second kappa shape index (κ2) is 6.84. The number of rotatable bonds is 4. The van der Waals surface area contributed by atoms with E-state index in [9.17, 15) is 4.79 Å². The van der Waals surface area contributed by atoms with Gasteiger partial charge in [-0.1, -0.05) is 25.6 Å². The lowest BCUT2D eigenvalue weighted by Crippen LogP contribution is -2.36. The monoisotopic (exact) mass is 400 g/mol. The summed E-state index contributed by atoms with van der Waals surface area (Å²) in [6, 6.07) is 5.21. The second-order valence-electron chi connectivity index (χ2n) is 7.84. The molecule has 148 valence electrons. The number of carbonyl (C=O) groups excluding carboxylic acids is 1. The zero-order valence-electron chi connectivity index (χ0n) is 16.7. The molecule has 0 bridgehead atoms. The number of aromatic nitrogens is 3. The van der Waals surface area contributed by atoms with Gasteiger partial charge in [-0.3, -0.25) is 4.79 Å². The molecule has 4 rings (SSSR count). The van der Waals surface area contributed by atoms with Gasteiger partial charge in [0.05, 0.1) is 14.2 Å². The number of methoxy groups -OCH3 is 2. The maximum Gasteiger partial charge on any atom is 0.227 e. The number of anilines is 1. The normalized spacial score (nSPS) is 20.3. The van der Waals surface area contributed by atoms with Crippen LogP contribution in [0.1, 0.15) is 38.3 Å². The summed E-state index contributed by atoms with van der Waals surface area (Å²) in [5.74, 6) is 2.15. The van der Waals surface area contributed by atoms with E-state index in [1.807, 2.05) is 24.5 Å². The summed E-state index contributed by atoms with van der Waals surface area (Å²) in [5.41, 5.74) is 2.39. The van der Waals surface area contributed by atoms with Gasteiger partial charge in [-0.05, 0) is 36.3 Å². The first-order chi connectivity index (χ1) is 13.4. The van der Waals surface area contributed by atoms with Crippen LogP contribution in [0.2, 0.25) is 0 Å². The number of ether oxygens (including phenoxy) is 2. The zero-order chi connectivity index (χ0) is 20.1. The Morgan fingerprint density at radius 3 is 2.71 bits per heavy atom. The number of hydrogen-bond donors (Lipinski definition) is 1. The van der Waals surface area contributed by atoms with Crippen LogP contribution in [0.3, 0.4) is 0 Å². The molecule has 2 aliphatic rings. The van der Waals surface area contributed by atoms with Crippen molar-refractivity contribution in [3.63, 3.8) is 0 Å². The standard InChI is InChI=1S/C20H24N4O3S/c1-20(2)9-13-16(14(25)10-20)17(24-18(21-13)22-19(23-24)28-5)12-8-11(26-3)6-7-15(12)27-4/h6-8,17H,9-10H2,1-5H3,(H,21,22,23). The number of allylic oxidation sites excluding steroid dienone is 2. The van der Waals surface area contributed by atoms with E-state index in [2.05, 4.69) is 29.2 Å². The topological polar surface area (TPSA) is 78.3 Å². The molecule has 1 aliphatic carbocycles. The van der Waals surface area contributed by atoms with Crippen LogP contribution in [0.4, 0.5) is 5.95 Å². The van der Waals surface area contributed by atoms with Gasteiger partial charge in [-0.25, -0.2) is 4.68 Å². The number of nitrogens with zero attached hydrogens (tertiary/aromatic N) is 3. The second-order valence-corrected chi connectivity index (χ2v) is 8.61. The van der Waals surface area contributed by atoms with Gasteiger partial charge >= 0.3 is 0 Å². The van der Waals surface area contributed by atoms with Crippen molar-refractivity contribution in [2.45, 2.75) is 37.9 Å². The molecule has 2 aromatic rings. The number of carbonyl (C=O) groups is 1. The number of nitrogens with one attached hydrogen (secondary N) is 1. The van der Waals surface area contributed by atoms with Crippen molar-refractivity contribution in [1.82, 2.24) is 14.8 Å². The van der Waals surface area contributed by atoms with E-state index >= 15 is 0 Å². The van der Waals surface area contributed by atoms with Gasteiger partial charge in [0, 0.05) is 23.3 Å². The molecular weight excluding hydrogens is 376 g/mol. The van der Waals surface area contributed by atoms with Gasteiger partial charge in [0.1, 0.15) is 17.5 Å². The predicted molar refractivity (Wildman–Crippen MR) is 108 cm³/mol. The molecule has 1 aliphatic heterocycles. The molecule has 28 heavy (non-hydrogen) atoms. The van der Waals surface area contributed by atoms with Crippen molar-refractivity contribution in [3.05, 3.63) is 35.0 Å². The average molecular weight is 401 g/mol. The fourth-order valence-corrected chi connectivity index (χ4v) is 4.36. The fraction of sp³-hybridized carbons (Fsp3) is 0.450. The Hall–Kier alpha value is -2.48. The van der Waals surface area contributed by atoms with Crippen LogP contribution in [0, 0.1) is 5.41 Å². The zero-order valence-corrected chi connectivity index (χ0v) is 17.5. The SMILES string of the molecule is COc1ccc(OC)c(C2C3=C(CC(C)(C)CC3=O)Nc3nc(SC)nn32)c1. The Labute approximate surface area is 168 Å². The highest BCUT2D eigenvalue weighted by atomic mass is 32.2. The predicted octanol–water partition coefficient (Wildman–Crippen LogP) is 3.68. The summed E-state index contributed by atoms with van der Waals surface area (Å²) >= 11 is 1.47. The highest BCUT2D eigenvalue weighted by molar-refractivity contribution is 7.98. The van der Waals surface area contributed by atoms with Gasteiger partial charge < -0.3 is 14.8 Å². The maximum absolute atomic E-state index is 13.2. The van der Waals surface area contributed by atoms with Crippen LogP contribution in [-0.2, 0) is 4.79 Å². The quantitative estimate of drug-likeness (QED) is 0.785. The van der Waals surface area contributed by atoms with Gasteiger partial charge in [0.25, 0.3) is 0 Å². The molecule has 0 radical (unpaired) electrons. The first-order valence-electron chi connectivity index (χ1n) is 9.12. The summed E-state index contributed by atoms with van der Waals surface area (Å²) in [7, 11) is 3.25. The number of thioether (sulfide) groups is 1. The van der Waals surface area contributed by atoms with Crippen LogP contribution >= 0.6 is 11.8 Å². The first kappa shape index (κ1) is 18.9. The molecule has 0 saturated heterocycles. The molecule has 1 aromatic heterocycles. The Balaban J connectivity index is 1.96. The lowest BCUT2D eigenvalue weighted by Gasteiger charge is -2.38. The molecule has 1 N–H and O–H groups in total. The third kappa shape index (κ3) is 3.05. The van der Waals surface area contributed by atoms with Crippen LogP contribution < -0.4 is 14.8 Å². The van der Waals surface area contributed by atoms with Crippen molar-refractivity contribution in [2.24, 2.45) is 5.41 Å². The van der Waals surface area contributed by atoms with Crippen molar-refractivity contribution >= 4 is 23.5 Å². The Kier molecular flexibility index (Phi) is 4.61. The summed E-state index contributed by atoms with van der Waals surface area (Å²) < 4.78 is 12.8. The molecule has 0 fully saturated rings. The molecule has 1 aromatic carbocycles. The third-order valence-electron chi connectivity index (χ3n) is 5.23. The molecule has 8 heteroatoms. The largest absolute Gasteiger partial charge is 0.497 e. The Morgan fingerprint density at radius 1 is 1.25 bits per heavy atom. The molecule has 1 atom stereocenters. The lowest BCUT2D eigenvalue weighted by atomic mass is 9.73. The Morgan fingerprint density at radius 2 is 2.04 bits per heavy atom. The number of ketones is 1. The van der Waals surface area contributed by atoms with E-state index in [-0.39, 0.29) is 11.2 Å². The fourth-order valence-electron chi connectivity index (χ4n) is 4.02. The molecule has 0 amide bonds. The molecule has 1 unspecified atom stereocenters. The Bertz CT molecular complexity index is 980. The smallest absolute Gasteiger partial charge is 0.227 e. The van der Waals surface area contributed by atoms with Crippen molar-refractivity contribution in [1.29, 1.82) is 0 Å². The number of fused-ring (bicyclic) bond motifs is 1. The highest BCUT2D eigenvalue weighted by Crippen LogP contribution is 2.47. The van der Waals surface area contributed by atoms with Crippen LogP contribution in [0.5, 0.6) is 11.5 Å². The number of benzene rings is 1. The van der Waals surface area contributed by atoms with Crippen LogP contribution in [0.15, 0.2) is 34.6 Å². The lowest BCUT2D eigenvalue weighted by molar-refractivity contribution is -0.118. The van der Waals surface area contributed by atoms with Gasteiger partial charge in [0.2, 0.25) is 11.1 Å². The summed E-state index contributed by atoms with van der Waals surface area (Å²) in [6.07, 6.45) is 3.21. The number of hydrogen-bond acceptors (Lipinski definition) is 7. The van der Waals surface area contributed by atoms with E-state index < -0.39 is 6.04 Å². The third-order valence-corrected chi connectivity index (χ3v) is 5.76. The van der Waals surface area contributed by atoms with E-state index in [0.717, 1.165) is 23.3 Å². The van der Waals surface area contributed by atoms with Gasteiger partial charge in [-0.15, -0.1) is 5.10 Å². The highest BCUT2D eigenvalue weighted by Gasteiger charge is 2.42. The van der Waals surface area contributed by atoms with Crippen LogP contribution in [-0.4, -0.2) is 41.0 Å². The minimum Gasteiger partial charge on any atom is -0.497 e. The van der Waals surface area contributed by atoms with Crippen molar-refractivity contribution < 1.29 is 14.3 Å². The summed E-state index contributed by atoms with van der Waals surface area (Å²) in [4.78, 5) is 17.8. The first-order valence-corrected chi connectivity index (χ1v) is 10.3. The van der Waals surface area contributed by atoms with Crippen LogP contribution in [0.25, 0.3) is 0 Å². The van der Waals surface area contributed by atoms with Gasteiger partial charge in [0.15, 0.2) is 5.78 Å². The van der Waals surface area contributed by atoms with Crippen molar-refractivity contribution in [2.75, 3.05) is 25.8 Å². The summed E-state index contributed by atoms with van der Waals surface area (Å²) in [5, 5.41) is 8.66.